The predicted octanol–water partition coefficient (Wildman–Crippen LogP) is 5.27. The molecule has 1 saturated heterocycles. The molecule has 0 radical (unpaired) electrons. The lowest BCUT2D eigenvalue weighted by molar-refractivity contribution is 0.222. The highest BCUT2D eigenvalue weighted by atomic mass is 19.1. The monoisotopic (exact) mass is 386 g/mol. The van der Waals surface area contributed by atoms with Gasteiger partial charge in [-0.3, -0.25) is 4.90 Å². The average Bonchev–Trinajstić information content (AvgIpc) is 3.24. The number of anilines is 1. The average molecular weight is 387 g/mol. The third kappa shape index (κ3) is 3.79. The van der Waals surface area contributed by atoms with Gasteiger partial charge < -0.3 is 4.90 Å². The lowest BCUT2D eigenvalue weighted by Crippen LogP contribution is -2.34. The van der Waals surface area contributed by atoms with Crippen LogP contribution in [0.5, 0.6) is 0 Å². The highest BCUT2D eigenvalue weighted by molar-refractivity contribution is 5.52. The van der Waals surface area contributed by atoms with Crippen LogP contribution in [0, 0.1) is 24.6 Å². The third-order valence-corrected chi connectivity index (χ3v) is 6.47. The fourth-order valence-corrected chi connectivity index (χ4v) is 5.00. The molecule has 2 unspecified atom stereocenters. The van der Waals surface area contributed by atoms with Gasteiger partial charge in [0.25, 0.3) is 0 Å². The molecule has 3 aromatic carbocycles. The third-order valence-electron chi connectivity index (χ3n) is 6.47. The summed E-state index contributed by atoms with van der Waals surface area (Å²) in [6.07, 6.45) is 0. The van der Waals surface area contributed by atoms with Gasteiger partial charge in [-0.1, -0.05) is 66.7 Å². The minimum atomic E-state index is -0.0983. The maximum atomic E-state index is 14.3. The second kappa shape index (κ2) is 7.64. The van der Waals surface area contributed by atoms with Crippen molar-refractivity contribution in [3.63, 3.8) is 0 Å². The standard InChI is InChI=1S/C26H27FN2/c1-19-12-13-24(27)25(14-19)28-17-22-23(18-28)26(22)29(15-20-8-4-2-5-9-20)16-21-10-6-3-7-11-21/h2-14,22-23,26H,15-18H2,1H3. The SMILES string of the molecule is Cc1ccc(F)c(N2CC3C(C2)C3N(Cc2ccccc2)Cc2ccccc2)c1. The van der Waals surface area contributed by atoms with Crippen molar-refractivity contribution in [1.82, 2.24) is 4.90 Å². The Balaban J connectivity index is 1.32. The first-order valence-corrected chi connectivity index (χ1v) is 10.5. The molecule has 3 heteroatoms. The Kier molecular flexibility index (Phi) is 4.84. The number of nitrogens with zero attached hydrogens (tertiary/aromatic N) is 2. The summed E-state index contributed by atoms with van der Waals surface area (Å²) < 4.78 is 14.3. The van der Waals surface area contributed by atoms with E-state index in [2.05, 4.69) is 70.5 Å². The first-order valence-electron chi connectivity index (χ1n) is 10.5. The summed E-state index contributed by atoms with van der Waals surface area (Å²) in [5, 5.41) is 0. The van der Waals surface area contributed by atoms with Crippen molar-refractivity contribution in [3.05, 3.63) is 101 Å². The van der Waals surface area contributed by atoms with Crippen LogP contribution in [0.2, 0.25) is 0 Å². The van der Waals surface area contributed by atoms with Crippen molar-refractivity contribution >= 4 is 5.69 Å². The molecule has 29 heavy (non-hydrogen) atoms. The van der Waals surface area contributed by atoms with Crippen LogP contribution in [-0.4, -0.2) is 24.0 Å². The highest BCUT2D eigenvalue weighted by Crippen LogP contribution is 2.51. The Morgan fingerprint density at radius 1 is 0.828 bits per heavy atom. The van der Waals surface area contributed by atoms with Gasteiger partial charge in [-0.15, -0.1) is 0 Å². The van der Waals surface area contributed by atoms with Crippen LogP contribution in [0.25, 0.3) is 0 Å². The van der Waals surface area contributed by atoms with Crippen molar-refractivity contribution in [2.75, 3.05) is 18.0 Å². The lowest BCUT2D eigenvalue weighted by Gasteiger charge is -2.29. The van der Waals surface area contributed by atoms with Gasteiger partial charge in [0.2, 0.25) is 0 Å². The van der Waals surface area contributed by atoms with E-state index >= 15 is 0 Å². The van der Waals surface area contributed by atoms with Gasteiger partial charge in [-0.2, -0.15) is 0 Å². The Bertz CT molecular complexity index is 919. The number of hydrogen-bond donors (Lipinski definition) is 0. The molecule has 0 aromatic heterocycles. The molecule has 2 fully saturated rings. The number of piperidine rings is 1. The minimum Gasteiger partial charge on any atom is -0.368 e. The molecular formula is C26H27FN2. The smallest absolute Gasteiger partial charge is 0.146 e. The minimum absolute atomic E-state index is 0.0983. The normalized spacial score (nSPS) is 22.7. The molecule has 2 atom stereocenters. The molecule has 2 nitrogen and oxygen atoms in total. The first-order chi connectivity index (χ1) is 14.2. The summed E-state index contributed by atoms with van der Waals surface area (Å²) >= 11 is 0. The van der Waals surface area contributed by atoms with Gasteiger partial charge in [0.15, 0.2) is 0 Å². The van der Waals surface area contributed by atoms with Crippen LogP contribution in [0.1, 0.15) is 16.7 Å². The topological polar surface area (TPSA) is 6.48 Å². The fraction of sp³-hybridized carbons (Fsp3) is 0.308. The number of benzene rings is 3. The summed E-state index contributed by atoms with van der Waals surface area (Å²) in [5.74, 6) is 1.16. The van der Waals surface area contributed by atoms with Crippen molar-refractivity contribution in [2.45, 2.75) is 26.1 Å². The van der Waals surface area contributed by atoms with Gasteiger partial charge in [-0.05, 0) is 47.6 Å². The van der Waals surface area contributed by atoms with E-state index in [-0.39, 0.29) is 5.82 Å². The van der Waals surface area contributed by atoms with Gasteiger partial charge in [0, 0.05) is 32.2 Å². The summed E-state index contributed by atoms with van der Waals surface area (Å²) in [6.45, 7) is 5.87. The van der Waals surface area contributed by atoms with Crippen molar-refractivity contribution in [3.8, 4) is 0 Å². The number of aryl methyl sites for hydroxylation is 1. The lowest BCUT2D eigenvalue weighted by atomic mass is 10.1. The van der Waals surface area contributed by atoms with E-state index < -0.39 is 0 Å². The maximum Gasteiger partial charge on any atom is 0.146 e. The number of halogens is 1. The van der Waals surface area contributed by atoms with Gasteiger partial charge in [-0.25, -0.2) is 4.39 Å². The number of hydrogen-bond acceptors (Lipinski definition) is 2. The molecule has 0 bridgehead atoms. The highest BCUT2D eigenvalue weighted by Gasteiger charge is 2.58. The van der Waals surface area contributed by atoms with E-state index in [1.54, 1.807) is 6.07 Å². The molecule has 1 heterocycles. The fourth-order valence-electron chi connectivity index (χ4n) is 5.00. The molecule has 1 aliphatic carbocycles. The first kappa shape index (κ1) is 18.4. The van der Waals surface area contributed by atoms with Gasteiger partial charge >= 0.3 is 0 Å². The molecule has 1 aliphatic heterocycles. The molecule has 2 aliphatic rings. The Morgan fingerprint density at radius 3 is 1.93 bits per heavy atom. The van der Waals surface area contributed by atoms with E-state index in [0.29, 0.717) is 17.9 Å². The van der Waals surface area contributed by atoms with E-state index in [1.807, 2.05) is 19.1 Å². The zero-order chi connectivity index (χ0) is 19.8. The van der Waals surface area contributed by atoms with E-state index in [0.717, 1.165) is 37.4 Å². The molecular weight excluding hydrogens is 359 g/mol. The van der Waals surface area contributed by atoms with Crippen LogP contribution >= 0.6 is 0 Å². The Labute approximate surface area is 172 Å². The second-order valence-electron chi connectivity index (χ2n) is 8.55. The molecule has 5 rings (SSSR count). The molecule has 0 amide bonds. The van der Waals surface area contributed by atoms with Crippen molar-refractivity contribution in [2.24, 2.45) is 11.8 Å². The molecule has 0 N–H and O–H groups in total. The van der Waals surface area contributed by atoms with Crippen LogP contribution < -0.4 is 4.90 Å². The van der Waals surface area contributed by atoms with Crippen LogP contribution in [0.4, 0.5) is 10.1 Å². The largest absolute Gasteiger partial charge is 0.368 e. The van der Waals surface area contributed by atoms with Crippen LogP contribution in [0.3, 0.4) is 0 Å². The molecule has 0 spiro atoms. The zero-order valence-corrected chi connectivity index (χ0v) is 16.8. The Morgan fingerprint density at radius 2 is 1.38 bits per heavy atom. The molecule has 148 valence electrons. The predicted molar refractivity (Wildman–Crippen MR) is 116 cm³/mol. The van der Waals surface area contributed by atoms with Crippen molar-refractivity contribution < 1.29 is 4.39 Å². The number of fused-ring (bicyclic) bond motifs is 1. The number of rotatable bonds is 6. The van der Waals surface area contributed by atoms with Crippen LogP contribution in [-0.2, 0) is 13.1 Å². The quantitative estimate of drug-likeness (QED) is 0.569. The van der Waals surface area contributed by atoms with Crippen LogP contribution in [0.15, 0.2) is 78.9 Å². The maximum absolute atomic E-state index is 14.3. The van der Waals surface area contributed by atoms with Gasteiger partial charge in [0.1, 0.15) is 5.82 Å². The summed E-state index contributed by atoms with van der Waals surface area (Å²) in [4.78, 5) is 4.88. The summed E-state index contributed by atoms with van der Waals surface area (Å²) in [7, 11) is 0. The summed E-state index contributed by atoms with van der Waals surface area (Å²) in [6, 6.07) is 27.5. The van der Waals surface area contributed by atoms with E-state index in [4.69, 9.17) is 0 Å². The zero-order valence-electron chi connectivity index (χ0n) is 16.8. The second-order valence-corrected chi connectivity index (χ2v) is 8.55. The molecule has 1 saturated carbocycles. The van der Waals surface area contributed by atoms with E-state index in [1.165, 1.54) is 11.1 Å². The van der Waals surface area contributed by atoms with E-state index in [9.17, 15) is 4.39 Å². The Hall–Kier alpha value is -2.65. The molecule has 3 aromatic rings. The van der Waals surface area contributed by atoms with Crippen molar-refractivity contribution in [1.29, 1.82) is 0 Å². The van der Waals surface area contributed by atoms with Gasteiger partial charge in [0.05, 0.1) is 5.69 Å². The summed E-state index contributed by atoms with van der Waals surface area (Å²) in [5.41, 5.74) is 4.60.